The highest BCUT2D eigenvalue weighted by atomic mass is 32.2. The van der Waals surface area contributed by atoms with E-state index in [1.165, 1.54) is 12.1 Å². The first-order chi connectivity index (χ1) is 7.80. The summed E-state index contributed by atoms with van der Waals surface area (Å²) in [7, 11) is -4.12. The minimum absolute atomic E-state index is 0.0670. The number of hydrogen-bond donors (Lipinski definition) is 1. The summed E-state index contributed by atoms with van der Waals surface area (Å²) in [6, 6.07) is 4.58. The Morgan fingerprint density at radius 2 is 2.00 bits per heavy atom. The fourth-order valence-corrected chi connectivity index (χ4v) is 2.01. The van der Waals surface area contributed by atoms with E-state index < -0.39 is 10.1 Å². The number of hydrogen-bond acceptors (Lipinski definition) is 3. The van der Waals surface area contributed by atoms with Crippen molar-refractivity contribution in [2.75, 3.05) is 6.61 Å². The zero-order valence-corrected chi connectivity index (χ0v) is 11.1. The maximum atomic E-state index is 11.0. The largest absolute Gasteiger partial charge is 0.378 e. The molecule has 0 spiro atoms. The van der Waals surface area contributed by atoms with Crippen LogP contribution in [0, 0.1) is 6.92 Å². The Balaban J connectivity index is 2.84. The lowest BCUT2D eigenvalue weighted by Gasteiger charge is -2.10. The average Bonchev–Trinajstić information content (AvgIpc) is 2.18. The molecule has 0 saturated carbocycles. The molecule has 1 aromatic carbocycles. The maximum Gasteiger partial charge on any atom is 0.294 e. The van der Waals surface area contributed by atoms with Crippen molar-refractivity contribution in [1.82, 2.24) is 0 Å². The molecular formula is C12H18O4S. The summed E-state index contributed by atoms with van der Waals surface area (Å²) in [5.41, 5.74) is 1.87. The molecule has 0 radical (unpaired) electrons. The van der Waals surface area contributed by atoms with Crippen LogP contribution in [0.2, 0.25) is 0 Å². The van der Waals surface area contributed by atoms with E-state index in [0.717, 1.165) is 11.1 Å². The monoisotopic (exact) mass is 258 g/mol. The summed E-state index contributed by atoms with van der Waals surface area (Å²) in [4.78, 5) is -0.0670. The second kappa shape index (κ2) is 5.62. The molecule has 0 heterocycles. The highest BCUT2D eigenvalue weighted by Gasteiger charge is 2.11. The quantitative estimate of drug-likeness (QED) is 0.822. The molecule has 4 nitrogen and oxygen atoms in total. The molecular weight excluding hydrogens is 240 g/mol. The maximum absolute atomic E-state index is 11.0. The molecule has 5 heteroatoms. The van der Waals surface area contributed by atoms with Gasteiger partial charge < -0.3 is 4.74 Å². The van der Waals surface area contributed by atoms with Crippen LogP contribution < -0.4 is 0 Å². The molecule has 1 N–H and O–H groups in total. The van der Waals surface area contributed by atoms with Crippen molar-refractivity contribution in [2.24, 2.45) is 0 Å². The minimum Gasteiger partial charge on any atom is -0.378 e. The summed E-state index contributed by atoms with van der Waals surface area (Å²) in [5.74, 6) is 0. The molecule has 0 unspecified atom stereocenters. The van der Waals surface area contributed by atoms with Crippen LogP contribution in [-0.2, 0) is 21.3 Å². The van der Waals surface area contributed by atoms with Gasteiger partial charge in [0, 0.05) is 0 Å². The molecule has 96 valence electrons. The van der Waals surface area contributed by atoms with Gasteiger partial charge in [-0.1, -0.05) is 6.07 Å². The third kappa shape index (κ3) is 4.46. The lowest BCUT2D eigenvalue weighted by atomic mass is 10.1. The number of benzene rings is 1. The van der Waals surface area contributed by atoms with E-state index in [9.17, 15) is 8.42 Å². The van der Waals surface area contributed by atoms with Gasteiger partial charge in [0.05, 0.1) is 17.6 Å². The van der Waals surface area contributed by atoms with Crippen LogP contribution in [0.1, 0.15) is 25.0 Å². The zero-order valence-electron chi connectivity index (χ0n) is 10.3. The third-order valence-electron chi connectivity index (χ3n) is 2.44. The Morgan fingerprint density at radius 1 is 1.35 bits per heavy atom. The van der Waals surface area contributed by atoms with Crippen molar-refractivity contribution in [2.45, 2.75) is 38.2 Å². The van der Waals surface area contributed by atoms with E-state index >= 15 is 0 Å². The van der Waals surface area contributed by atoms with Gasteiger partial charge in [-0.05, 0) is 50.5 Å². The molecule has 0 aromatic heterocycles. The van der Waals surface area contributed by atoms with E-state index in [1.807, 2.05) is 20.8 Å². The van der Waals surface area contributed by atoms with Crippen LogP contribution in [0.3, 0.4) is 0 Å². The van der Waals surface area contributed by atoms with Crippen LogP contribution in [-0.4, -0.2) is 25.7 Å². The van der Waals surface area contributed by atoms with E-state index in [2.05, 4.69) is 0 Å². The predicted molar refractivity (Wildman–Crippen MR) is 65.8 cm³/mol. The second-order valence-electron chi connectivity index (χ2n) is 4.23. The van der Waals surface area contributed by atoms with Gasteiger partial charge in [0.15, 0.2) is 0 Å². The molecule has 0 saturated heterocycles. The molecule has 0 amide bonds. The highest BCUT2D eigenvalue weighted by molar-refractivity contribution is 7.85. The lowest BCUT2D eigenvalue weighted by molar-refractivity contribution is 0.0812. The molecule has 0 aliphatic rings. The predicted octanol–water partition coefficient (Wildman–Crippen LogP) is 2.21. The molecule has 17 heavy (non-hydrogen) atoms. The van der Waals surface area contributed by atoms with Crippen molar-refractivity contribution in [3.63, 3.8) is 0 Å². The van der Waals surface area contributed by atoms with E-state index in [1.54, 1.807) is 6.07 Å². The summed E-state index contributed by atoms with van der Waals surface area (Å²) in [5, 5.41) is 0. The van der Waals surface area contributed by atoms with E-state index in [-0.39, 0.29) is 11.0 Å². The van der Waals surface area contributed by atoms with Crippen molar-refractivity contribution in [3.05, 3.63) is 29.3 Å². The van der Waals surface area contributed by atoms with E-state index in [4.69, 9.17) is 9.29 Å². The van der Waals surface area contributed by atoms with Crippen molar-refractivity contribution < 1.29 is 17.7 Å². The van der Waals surface area contributed by atoms with Gasteiger partial charge in [0.25, 0.3) is 10.1 Å². The topological polar surface area (TPSA) is 63.6 Å². The summed E-state index contributed by atoms with van der Waals surface area (Å²) in [6.45, 7) is 6.33. The zero-order chi connectivity index (χ0) is 13.1. The highest BCUT2D eigenvalue weighted by Crippen LogP contribution is 2.16. The molecule has 0 atom stereocenters. The van der Waals surface area contributed by atoms with Gasteiger partial charge in [0.1, 0.15) is 0 Å². The van der Waals surface area contributed by atoms with Gasteiger partial charge in [-0.25, -0.2) is 0 Å². The Hall–Kier alpha value is -0.910. The number of rotatable bonds is 5. The third-order valence-corrected chi connectivity index (χ3v) is 3.29. The summed E-state index contributed by atoms with van der Waals surface area (Å²) < 4.78 is 36.4. The van der Waals surface area contributed by atoms with Gasteiger partial charge in [-0.15, -0.1) is 0 Å². The minimum atomic E-state index is -4.12. The molecule has 0 aliphatic carbocycles. The molecule has 0 aliphatic heterocycles. The Labute approximate surface area is 102 Å². The fourth-order valence-electron chi connectivity index (χ4n) is 1.48. The van der Waals surface area contributed by atoms with Crippen LogP contribution in [0.15, 0.2) is 23.1 Å². The van der Waals surface area contributed by atoms with Gasteiger partial charge >= 0.3 is 0 Å². The van der Waals surface area contributed by atoms with Crippen LogP contribution in [0.5, 0.6) is 0 Å². The second-order valence-corrected chi connectivity index (χ2v) is 5.65. The average molecular weight is 258 g/mol. The number of aryl methyl sites for hydroxylation is 1. The van der Waals surface area contributed by atoms with Gasteiger partial charge in [-0.3, -0.25) is 4.55 Å². The molecule has 1 aromatic rings. The summed E-state index contributed by atoms with van der Waals surface area (Å²) >= 11 is 0. The van der Waals surface area contributed by atoms with Crippen molar-refractivity contribution >= 4 is 10.1 Å². The van der Waals surface area contributed by atoms with Crippen molar-refractivity contribution in [1.29, 1.82) is 0 Å². The van der Waals surface area contributed by atoms with Crippen molar-refractivity contribution in [3.8, 4) is 0 Å². The normalized spacial score (nSPS) is 12.1. The standard InChI is InChI=1S/C12H18O4S/c1-9(2)16-7-6-11-8-12(17(13,14)15)5-4-10(11)3/h4-5,8-9H,6-7H2,1-3H3,(H,13,14,15). The van der Waals surface area contributed by atoms with Crippen LogP contribution >= 0.6 is 0 Å². The molecule has 1 rings (SSSR count). The summed E-state index contributed by atoms with van der Waals surface area (Å²) in [6.07, 6.45) is 0.785. The van der Waals surface area contributed by atoms with Crippen LogP contribution in [0.4, 0.5) is 0 Å². The van der Waals surface area contributed by atoms with Crippen LogP contribution in [0.25, 0.3) is 0 Å². The van der Waals surface area contributed by atoms with E-state index in [0.29, 0.717) is 13.0 Å². The first kappa shape index (κ1) is 14.2. The molecule has 0 bridgehead atoms. The first-order valence-electron chi connectivity index (χ1n) is 5.49. The SMILES string of the molecule is Cc1ccc(S(=O)(=O)O)cc1CCOC(C)C. The fraction of sp³-hybridized carbons (Fsp3) is 0.500. The lowest BCUT2D eigenvalue weighted by Crippen LogP contribution is -2.07. The Kier molecular flexibility index (Phi) is 4.68. The number of ether oxygens (including phenoxy) is 1. The first-order valence-corrected chi connectivity index (χ1v) is 6.93. The Morgan fingerprint density at radius 3 is 2.53 bits per heavy atom. The smallest absolute Gasteiger partial charge is 0.294 e. The Bertz CT molecular complexity index is 477. The van der Waals surface area contributed by atoms with Gasteiger partial charge in [-0.2, -0.15) is 8.42 Å². The molecule has 0 fully saturated rings. The van der Waals surface area contributed by atoms with Gasteiger partial charge in [0.2, 0.25) is 0 Å².